The van der Waals surface area contributed by atoms with Crippen molar-refractivity contribution in [3.63, 3.8) is 0 Å². The first-order valence-corrected chi connectivity index (χ1v) is 7.56. The molecular formula is C18H21FN2O2. The van der Waals surface area contributed by atoms with Crippen molar-refractivity contribution in [2.24, 2.45) is 0 Å². The van der Waals surface area contributed by atoms with Gasteiger partial charge >= 0.3 is 0 Å². The number of nitrogens with one attached hydrogen (secondary N) is 2. The van der Waals surface area contributed by atoms with Crippen LogP contribution in [0.15, 0.2) is 48.5 Å². The number of amides is 1. The van der Waals surface area contributed by atoms with Crippen LogP contribution in [-0.4, -0.2) is 26.1 Å². The van der Waals surface area contributed by atoms with Crippen LogP contribution in [0.5, 0.6) is 5.75 Å². The van der Waals surface area contributed by atoms with Crippen molar-refractivity contribution in [2.75, 3.05) is 25.5 Å². The molecule has 0 aliphatic heterocycles. The molecular weight excluding hydrogens is 295 g/mol. The Labute approximate surface area is 135 Å². The fraction of sp³-hybridized carbons (Fsp3) is 0.278. The lowest BCUT2D eigenvalue weighted by Crippen LogP contribution is -2.27. The molecule has 0 fully saturated rings. The average molecular weight is 316 g/mol. The van der Waals surface area contributed by atoms with E-state index in [4.69, 9.17) is 4.74 Å². The predicted octanol–water partition coefficient (Wildman–Crippen LogP) is 3.00. The van der Waals surface area contributed by atoms with Crippen LogP contribution >= 0.6 is 0 Å². The Bertz CT molecular complexity index is 612. The second-order valence-electron chi connectivity index (χ2n) is 5.13. The van der Waals surface area contributed by atoms with Gasteiger partial charge in [-0.15, -0.1) is 0 Å². The van der Waals surface area contributed by atoms with Crippen molar-refractivity contribution in [2.45, 2.75) is 12.8 Å². The third kappa shape index (κ3) is 5.98. The van der Waals surface area contributed by atoms with Crippen LogP contribution in [0.4, 0.5) is 10.1 Å². The Balaban J connectivity index is 1.62. The summed E-state index contributed by atoms with van der Waals surface area (Å²) in [6, 6.07) is 13.9. The van der Waals surface area contributed by atoms with E-state index in [2.05, 4.69) is 10.6 Å². The standard InChI is InChI=1S/C18H21FN2O2/c1-23-17-8-6-16(7-9-17)20-13-11-18(22)21-12-10-14-2-4-15(19)5-3-14/h2-9,20H,10-13H2,1H3,(H,21,22). The molecule has 5 heteroatoms. The van der Waals surface area contributed by atoms with Crippen molar-refractivity contribution < 1.29 is 13.9 Å². The molecule has 2 rings (SSSR count). The van der Waals surface area contributed by atoms with Gasteiger partial charge in [-0.05, 0) is 48.4 Å². The highest BCUT2D eigenvalue weighted by molar-refractivity contribution is 5.76. The number of hydrogen-bond donors (Lipinski definition) is 2. The van der Waals surface area contributed by atoms with E-state index >= 15 is 0 Å². The first-order chi connectivity index (χ1) is 11.2. The molecule has 0 spiro atoms. The normalized spacial score (nSPS) is 10.2. The summed E-state index contributed by atoms with van der Waals surface area (Å²) in [5, 5.41) is 6.04. The van der Waals surface area contributed by atoms with Crippen molar-refractivity contribution in [3.8, 4) is 5.75 Å². The Morgan fingerprint density at radius 1 is 1.04 bits per heavy atom. The zero-order chi connectivity index (χ0) is 16.5. The lowest BCUT2D eigenvalue weighted by Gasteiger charge is -2.08. The van der Waals surface area contributed by atoms with Crippen LogP contribution in [-0.2, 0) is 11.2 Å². The van der Waals surface area contributed by atoms with Gasteiger partial charge in [-0.25, -0.2) is 4.39 Å². The number of anilines is 1. The Kier molecular flexibility index (Phi) is 6.41. The molecule has 122 valence electrons. The van der Waals surface area contributed by atoms with E-state index in [1.807, 2.05) is 24.3 Å². The molecule has 0 unspecified atom stereocenters. The summed E-state index contributed by atoms with van der Waals surface area (Å²) in [6.07, 6.45) is 1.09. The third-order valence-electron chi connectivity index (χ3n) is 3.42. The summed E-state index contributed by atoms with van der Waals surface area (Å²) in [6.45, 7) is 1.11. The van der Waals surface area contributed by atoms with Gasteiger partial charge in [0, 0.05) is 25.2 Å². The van der Waals surface area contributed by atoms with E-state index in [0.29, 0.717) is 25.9 Å². The molecule has 4 nitrogen and oxygen atoms in total. The van der Waals surface area contributed by atoms with Gasteiger partial charge in [0.05, 0.1) is 7.11 Å². The minimum atomic E-state index is -0.248. The smallest absolute Gasteiger partial charge is 0.221 e. The van der Waals surface area contributed by atoms with Gasteiger partial charge in [-0.3, -0.25) is 4.79 Å². The van der Waals surface area contributed by atoms with E-state index in [0.717, 1.165) is 17.0 Å². The molecule has 0 bridgehead atoms. The molecule has 23 heavy (non-hydrogen) atoms. The number of methoxy groups -OCH3 is 1. The first kappa shape index (κ1) is 16.8. The number of rotatable bonds is 8. The van der Waals surface area contributed by atoms with Crippen LogP contribution in [0.1, 0.15) is 12.0 Å². The molecule has 0 radical (unpaired) electrons. The molecule has 2 N–H and O–H groups in total. The molecule has 0 saturated heterocycles. The third-order valence-corrected chi connectivity index (χ3v) is 3.42. The Morgan fingerprint density at radius 3 is 2.39 bits per heavy atom. The van der Waals surface area contributed by atoms with Crippen LogP contribution < -0.4 is 15.4 Å². The fourth-order valence-electron chi connectivity index (χ4n) is 2.11. The first-order valence-electron chi connectivity index (χ1n) is 7.56. The van der Waals surface area contributed by atoms with Gasteiger partial charge in [0.15, 0.2) is 0 Å². The monoisotopic (exact) mass is 316 g/mol. The van der Waals surface area contributed by atoms with Crippen LogP contribution in [0.2, 0.25) is 0 Å². The van der Waals surface area contributed by atoms with E-state index in [1.165, 1.54) is 12.1 Å². The van der Waals surface area contributed by atoms with Crippen molar-refractivity contribution in [1.29, 1.82) is 0 Å². The minimum absolute atomic E-state index is 0.00637. The summed E-state index contributed by atoms with van der Waals surface area (Å²) in [5.74, 6) is 0.546. The highest BCUT2D eigenvalue weighted by atomic mass is 19.1. The lowest BCUT2D eigenvalue weighted by atomic mass is 10.1. The van der Waals surface area contributed by atoms with Crippen molar-refractivity contribution in [1.82, 2.24) is 5.32 Å². The number of ether oxygens (including phenoxy) is 1. The Morgan fingerprint density at radius 2 is 1.74 bits per heavy atom. The maximum Gasteiger partial charge on any atom is 0.221 e. The maximum atomic E-state index is 12.8. The van der Waals surface area contributed by atoms with E-state index < -0.39 is 0 Å². The number of carbonyl (C=O) groups is 1. The second kappa shape index (κ2) is 8.78. The van der Waals surface area contributed by atoms with Gasteiger partial charge in [0.25, 0.3) is 0 Å². The highest BCUT2D eigenvalue weighted by Gasteiger charge is 2.01. The van der Waals surface area contributed by atoms with Crippen LogP contribution in [0.25, 0.3) is 0 Å². The van der Waals surface area contributed by atoms with E-state index in [1.54, 1.807) is 19.2 Å². The zero-order valence-corrected chi connectivity index (χ0v) is 13.1. The minimum Gasteiger partial charge on any atom is -0.497 e. The molecule has 0 heterocycles. The van der Waals surface area contributed by atoms with E-state index in [9.17, 15) is 9.18 Å². The SMILES string of the molecule is COc1ccc(NCCC(=O)NCCc2ccc(F)cc2)cc1. The van der Waals surface area contributed by atoms with Crippen molar-refractivity contribution >= 4 is 11.6 Å². The summed E-state index contributed by atoms with van der Waals surface area (Å²) < 4.78 is 17.9. The van der Waals surface area contributed by atoms with Crippen molar-refractivity contribution in [3.05, 3.63) is 59.9 Å². The Hall–Kier alpha value is -2.56. The molecule has 1 amide bonds. The zero-order valence-electron chi connectivity index (χ0n) is 13.1. The topological polar surface area (TPSA) is 50.4 Å². The van der Waals surface area contributed by atoms with Crippen LogP contribution in [0, 0.1) is 5.82 Å². The van der Waals surface area contributed by atoms with Gasteiger partial charge in [0.2, 0.25) is 5.91 Å². The summed E-state index contributed by atoms with van der Waals surface area (Å²) in [5.41, 5.74) is 1.95. The van der Waals surface area contributed by atoms with Gasteiger partial charge in [0.1, 0.15) is 11.6 Å². The van der Waals surface area contributed by atoms with Gasteiger partial charge < -0.3 is 15.4 Å². The number of carbonyl (C=O) groups excluding carboxylic acids is 1. The largest absolute Gasteiger partial charge is 0.497 e. The van der Waals surface area contributed by atoms with Gasteiger partial charge in [-0.1, -0.05) is 12.1 Å². The van der Waals surface area contributed by atoms with Gasteiger partial charge in [-0.2, -0.15) is 0 Å². The fourth-order valence-corrected chi connectivity index (χ4v) is 2.11. The lowest BCUT2D eigenvalue weighted by molar-refractivity contribution is -0.120. The summed E-state index contributed by atoms with van der Waals surface area (Å²) in [7, 11) is 1.62. The molecule has 0 saturated carbocycles. The molecule has 0 atom stereocenters. The summed E-state index contributed by atoms with van der Waals surface area (Å²) >= 11 is 0. The molecule has 0 aliphatic carbocycles. The highest BCUT2D eigenvalue weighted by Crippen LogP contribution is 2.14. The maximum absolute atomic E-state index is 12.8. The molecule has 2 aromatic carbocycles. The molecule has 2 aromatic rings. The number of benzene rings is 2. The molecule has 0 aliphatic rings. The summed E-state index contributed by atoms with van der Waals surface area (Å²) in [4.78, 5) is 11.7. The second-order valence-corrected chi connectivity index (χ2v) is 5.13. The van der Waals surface area contributed by atoms with Crippen LogP contribution in [0.3, 0.4) is 0 Å². The van der Waals surface area contributed by atoms with E-state index in [-0.39, 0.29) is 11.7 Å². The quantitative estimate of drug-likeness (QED) is 0.787. The number of halogens is 1. The number of hydrogen-bond acceptors (Lipinski definition) is 3. The average Bonchev–Trinajstić information content (AvgIpc) is 2.57. The predicted molar refractivity (Wildman–Crippen MR) is 89.2 cm³/mol. The molecule has 0 aromatic heterocycles.